The molecule has 2 aliphatic heterocycles. The molecule has 7 heteroatoms. The van der Waals surface area contributed by atoms with E-state index in [1.54, 1.807) is 6.20 Å². The van der Waals surface area contributed by atoms with Crippen molar-refractivity contribution in [2.75, 3.05) is 46.3 Å². The summed E-state index contributed by atoms with van der Waals surface area (Å²) in [7, 11) is 2.12. The fraction of sp³-hybridized carbons (Fsp3) is 0.476. The maximum atomic E-state index is 12.9. The Bertz CT molecular complexity index is 795. The molecule has 1 amide bonds. The van der Waals surface area contributed by atoms with Crippen LogP contribution in [0.25, 0.3) is 0 Å². The second kappa shape index (κ2) is 7.95. The molecule has 2 fully saturated rings. The number of nitrogens with zero attached hydrogens (tertiary/aromatic N) is 5. The minimum Gasteiger partial charge on any atom is -0.383 e. The van der Waals surface area contributed by atoms with E-state index in [2.05, 4.69) is 26.8 Å². The number of rotatable bonds is 3. The highest BCUT2D eigenvalue weighted by atomic mass is 16.3. The standard InChI is InChI=1S/C21H27N5O2/c1-24-11-13-25(14-12-24)19-16-26(20(27)18-15-22-8-9-23-18)10-7-21(19,28)17-5-3-2-4-6-17/h2-6,8-9,15,19,28H,7,10-14,16H2,1H3/t19-,21+/m1/s1. The third-order valence-corrected chi connectivity index (χ3v) is 6.03. The summed E-state index contributed by atoms with van der Waals surface area (Å²) in [5.41, 5.74) is 0.298. The van der Waals surface area contributed by atoms with Gasteiger partial charge in [-0.1, -0.05) is 30.3 Å². The lowest BCUT2D eigenvalue weighted by molar-refractivity contribution is -0.101. The van der Waals surface area contributed by atoms with E-state index < -0.39 is 5.60 Å². The van der Waals surface area contributed by atoms with E-state index in [1.165, 1.54) is 12.4 Å². The predicted molar refractivity (Wildman–Crippen MR) is 106 cm³/mol. The highest BCUT2D eigenvalue weighted by Gasteiger charge is 2.47. The predicted octanol–water partition coefficient (Wildman–Crippen LogP) is 0.826. The molecule has 7 nitrogen and oxygen atoms in total. The third-order valence-electron chi connectivity index (χ3n) is 6.03. The van der Waals surface area contributed by atoms with Crippen LogP contribution in [0.3, 0.4) is 0 Å². The Labute approximate surface area is 165 Å². The number of amides is 1. The largest absolute Gasteiger partial charge is 0.383 e. The second-order valence-corrected chi connectivity index (χ2v) is 7.74. The Morgan fingerprint density at radius 2 is 1.86 bits per heavy atom. The Kier molecular flexibility index (Phi) is 5.39. The van der Waals surface area contributed by atoms with E-state index in [0.29, 0.717) is 25.2 Å². The lowest BCUT2D eigenvalue weighted by atomic mass is 9.79. The van der Waals surface area contributed by atoms with Crippen LogP contribution in [-0.4, -0.2) is 88.0 Å². The van der Waals surface area contributed by atoms with E-state index in [4.69, 9.17) is 0 Å². The van der Waals surface area contributed by atoms with Crippen LogP contribution in [0.5, 0.6) is 0 Å². The van der Waals surface area contributed by atoms with Gasteiger partial charge >= 0.3 is 0 Å². The molecule has 1 N–H and O–H groups in total. The number of benzene rings is 1. The molecule has 2 atom stereocenters. The number of piperazine rings is 1. The summed E-state index contributed by atoms with van der Waals surface area (Å²) in [6.07, 6.45) is 5.11. The summed E-state index contributed by atoms with van der Waals surface area (Å²) in [6, 6.07) is 9.71. The average molecular weight is 381 g/mol. The van der Waals surface area contributed by atoms with Crippen LogP contribution < -0.4 is 0 Å². The van der Waals surface area contributed by atoms with Crippen molar-refractivity contribution in [3.63, 3.8) is 0 Å². The minimum atomic E-state index is -0.976. The molecule has 0 aliphatic carbocycles. The number of carbonyl (C=O) groups is 1. The molecule has 0 spiro atoms. The Balaban J connectivity index is 1.61. The number of likely N-dealkylation sites (N-methyl/N-ethyl adjacent to an activating group) is 1. The first-order valence-corrected chi connectivity index (χ1v) is 9.84. The van der Waals surface area contributed by atoms with E-state index in [1.807, 2.05) is 35.2 Å². The van der Waals surface area contributed by atoms with Gasteiger partial charge in [0.2, 0.25) is 0 Å². The highest BCUT2D eigenvalue weighted by molar-refractivity contribution is 5.92. The Morgan fingerprint density at radius 3 is 2.54 bits per heavy atom. The van der Waals surface area contributed by atoms with Gasteiger partial charge in [0, 0.05) is 51.7 Å². The van der Waals surface area contributed by atoms with Crippen LogP contribution in [-0.2, 0) is 5.60 Å². The van der Waals surface area contributed by atoms with Crippen LogP contribution in [0.2, 0.25) is 0 Å². The van der Waals surface area contributed by atoms with Crippen LogP contribution in [0, 0.1) is 0 Å². The molecule has 2 aliphatic rings. The van der Waals surface area contributed by atoms with Gasteiger partial charge in [0.25, 0.3) is 5.91 Å². The molecular formula is C21H27N5O2. The van der Waals surface area contributed by atoms with Crippen molar-refractivity contribution in [1.82, 2.24) is 24.7 Å². The van der Waals surface area contributed by atoms with Gasteiger partial charge in [0.15, 0.2) is 0 Å². The molecule has 2 aromatic rings. The zero-order valence-electron chi connectivity index (χ0n) is 16.2. The summed E-state index contributed by atoms with van der Waals surface area (Å²) in [5, 5.41) is 11.8. The molecule has 0 bridgehead atoms. The molecule has 1 aromatic heterocycles. The lowest BCUT2D eigenvalue weighted by Crippen LogP contribution is -2.64. The van der Waals surface area contributed by atoms with Gasteiger partial charge in [0.1, 0.15) is 11.3 Å². The van der Waals surface area contributed by atoms with Gasteiger partial charge in [-0.2, -0.15) is 0 Å². The van der Waals surface area contributed by atoms with Gasteiger partial charge in [-0.25, -0.2) is 4.98 Å². The quantitative estimate of drug-likeness (QED) is 0.849. The van der Waals surface area contributed by atoms with Gasteiger partial charge in [-0.05, 0) is 19.0 Å². The van der Waals surface area contributed by atoms with Crippen molar-refractivity contribution < 1.29 is 9.90 Å². The number of carbonyl (C=O) groups excluding carboxylic acids is 1. The molecule has 1 aromatic carbocycles. The van der Waals surface area contributed by atoms with Crippen molar-refractivity contribution in [3.8, 4) is 0 Å². The highest BCUT2D eigenvalue weighted by Crippen LogP contribution is 2.36. The van der Waals surface area contributed by atoms with Crippen molar-refractivity contribution >= 4 is 5.91 Å². The van der Waals surface area contributed by atoms with Gasteiger partial charge in [-0.15, -0.1) is 0 Å². The van der Waals surface area contributed by atoms with E-state index >= 15 is 0 Å². The van der Waals surface area contributed by atoms with E-state index in [0.717, 1.165) is 31.7 Å². The van der Waals surface area contributed by atoms with Crippen LogP contribution in [0.15, 0.2) is 48.9 Å². The van der Waals surface area contributed by atoms with Gasteiger partial charge in [-0.3, -0.25) is 14.7 Å². The van der Waals surface area contributed by atoms with Crippen LogP contribution >= 0.6 is 0 Å². The first kappa shape index (κ1) is 19.0. The Hall–Kier alpha value is -2.35. The monoisotopic (exact) mass is 381 g/mol. The van der Waals surface area contributed by atoms with Gasteiger partial charge in [0.05, 0.1) is 12.2 Å². The zero-order chi connectivity index (χ0) is 19.6. The molecule has 148 valence electrons. The zero-order valence-corrected chi connectivity index (χ0v) is 16.2. The maximum absolute atomic E-state index is 12.9. The van der Waals surface area contributed by atoms with Crippen molar-refractivity contribution in [2.45, 2.75) is 18.1 Å². The van der Waals surface area contributed by atoms with Crippen molar-refractivity contribution in [1.29, 1.82) is 0 Å². The first-order valence-electron chi connectivity index (χ1n) is 9.84. The van der Waals surface area contributed by atoms with E-state index in [9.17, 15) is 9.90 Å². The fourth-order valence-corrected chi connectivity index (χ4v) is 4.29. The molecule has 0 saturated carbocycles. The Morgan fingerprint density at radius 1 is 1.11 bits per heavy atom. The van der Waals surface area contributed by atoms with E-state index in [-0.39, 0.29) is 11.9 Å². The number of aliphatic hydroxyl groups is 1. The smallest absolute Gasteiger partial charge is 0.274 e. The third kappa shape index (κ3) is 3.65. The normalized spacial score (nSPS) is 26.9. The maximum Gasteiger partial charge on any atom is 0.274 e. The molecular weight excluding hydrogens is 354 g/mol. The number of hydrogen-bond acceptors (Lipinski definition) is 6. The first-order chi connectivity index (χ1) is 13.6. The number of likely N-dealkylation sites (tertiary alicyclic amines) is 1. The van der Waals surface area contributed by atoms with Crippen LogP contribution in [0.4, 0.5) is 0 Å². The number of aromatic nitrogens is 2. The summed E-state index contributed by atoms with van der Waals surface area (Å²) >= 11 is 0. The lowest BCUT2D eigenvalue weighted by Gasteiger charge is -2.51. The summed E-state index contributed by atoms with van der Waals surface area (Å²) in [5.74, 6) is -0.123. The van der Waals surface area contributed by atoms with Crippen molar-refractivity contribution in [2.24, 2.45) is 0 Å². The van der Waals surface area contributed by atoms with Crippen LogP contribution in [0.1, 0.15) is 22.5 Å². The minimum absolute atomic E-state index is 0.123. The second-order valence-electron chi connectivity index (χ2n) is 7.74. The van der Waals surface area contributed by atoms with Crippen molar-refractivity contribution in [3.05, 3.63) is 60.2 Å². The molecule has 4 rings (SSSR count). The fourth-order valence-electron chi connectivity index (χ4n) is 4.29. The number of hydrogen-bond donors (Lipinski definition) is 1. The average Bonchev–Trinajstić information content (AvgIpc) is 2.75. The molecule has 0 unspecified atom stereocenters. The SMILES string of the molecule is CN1CCN([C@@H]2CN(C(=O)c3cnccn3)CC[C@]2(O)c2ccccc2)CC1. The molecule has 2 saturated heterocycles. The summed E-state index contributed by atoms with van der Waals surface area (Å²) < 4.78 is 0. The summed E-state index contributed by atoms with van der Waals surface area (Å²) in [4.78, 5) is 27.6. The molecule has 28 heavy (non-hydrogen) atoms. The number of piperidine rings is 1. The summed E-state index contributed by atoms with van der Waals surface area (Å²) in [6.45, 7) is 4.64. The topological polar surface area (TPSA) is 72.8 Å². The molecule has 3 heterocycles. The molecule has 0 radical (unpaired) electrons. The van der Waals surface area contributed by atoms with Gasteiger partial charge < -0.3 is 14.9 Å².